The molecule has 4 nitrogen and oxygen atoms in total. The van der Waals surface area contributed by atoms with Crippen molar-refractivity contribution in [2.24, 2.45) is 0 Å². The largest absolute Gasteiger partial charge is 0.477 e. The van der Waals surface area contributed by atoms with Crippen molar-refractivity contribution in [3.8, 4) is 0 Å². The van der Waals surface area contributed by atoms with Gasteiger partial charge < -0.3 is 10.4 Å². The second-order valence-electron chi connectivity index (χ2n) is 4.05. The van der Waals surface area contributed by atoms with E-state index in [4.69, 9.17) is 5.11 Å². The van der Waals surface area contributed by atoms with Crippen LogP contribution in [0.5, 0.6) is 0 Å². The molecule has 0 atom stereocenters. The summed E-state index contributed by atoms with van der Waals surface area (Å²) in [5, 5.41) is 14.3. The highest BCUT2D eigenvalue weighted by Crippen LogP contribution is 2.26. The summed E-state index contributed by atoms with van der Waals surface area (Å²) in [6.07, 6.45) is 0. The lowest BCUT2D eigenvalue weighted by Crippen LogP contribution is -2.13. The van der Waals surface area contributed by atoms with Crippen LogP contribution in [0.2, 0.25) is 0 Å². The maximum atomic E-state index is 11.8. The molecule has 2 N–H and O–H groups in total. The minimum absolute atomic E-state index is 0.107. The molecule has 0 radical (unpaired) electrons. The maximum Gasteiger partial charge on any atom is 0.346 e. The molecule has 0 aliphatic heterocycles. The molecule has 20 heavy (non-hydrogen) atoms. The molecule has 2 heterocycles. The Morgan fingerprint density at radius 2 is 2.25 bits per heavy atom. The Kier molecular flexibility index (Phi) is 5.22. The van der Waals surface area contributed by atoms with Crippen LogP contribution in [0.25, 0.3) is 0 Å². The summed E-state index contributed by atoms with van der Waals surface area (Å²) < 4.78 is 0. The molecule has 0 unspecified atom stereocenters. The van der Waals surface area contributed by atoms with Crippen molar-refractivity contribution in [1.82, 2.24) is 0 Å². The lowest BCUT2D eigenvalue weighted by Gasteiger charge is -2.01. The van der Waals surface area contributed by atoms with Gasteiger partial charge in [0.25, 0.3) is 0 Å². The highest BCUT2D eigenvalue weighted by Gasteiger charge is 2.13. The molecule has 0 aliphatic carbocycles. The Bertz CT molecular complexity index is 604. The predicted molar refractivity (Wildman–Crippen MR) is 85.1 cm³/mol. The Labute approximate surface area is 128 Å². The van der Waals surface area contributed by atoms with Gasteiger partial charge in [0.05, 0.1) is 10.8 Å². The molecule has 0 aliphatic rings. The molecule has 0 spiro atoms. The normalized spacial score (nSPS) is 10.4. The smallest absolute Gasteiger partial charge is 0.346 e. The van der Waals surface area contributed by atoms with Gasteiger partial charge in [0.15, 0.2) is 0 Å². The average Bonchev–Trinajstić information content (AvgIpc) is 2.99. The van der Waals surface area contributed by atoms with Gasteiger partial charge in [-0.25, -0.2) is 4.79 Å². The van der Waals surface area contributed by atoms with E-state index in [1.54, 1.807) is 36.1 Å². The molecule has 7 heteroatoms. The van der Waals surface area contributed by atoms with Crippen LogP contribution in [-0.4, -0.2) is 22.7 Å². The monoisotopic (exact) mass is 327 g/mol. The van der Waals surface area contributed by atoms with Crippen LogP contribution < -0.4 is 5.32 Å². The van der Waals surface area contributed by atoms with Gasteiger partial charge >= 0.3 is 5.97 Å². The number of nitrogens with one attached hydrogen (secondary N) is 1. The third-order valence-corrected chi connectivity index (χ3v) is 5.61. The second-order valence-corrected chi connectivity index (χ2v) is 7.12. The minimum atomic E-state index is -0.958. The number of amides is 1. The number of aryl methyl sites for hydroxylation is 1. The van der Waals surface area contributed by atoms with Crippen molar-refractivity contribution in [3.05, 3.63) is 38.9 Å². The van der Waals surface area contributed by atoms with E-state index in [0.717, 1.165) is 17.1 Å². The highest BCUT2D eigenvalue weighted by atomic mass is 32.2. The fourth-order valence-corrected chi connectivity index (χ4v) is 4.16. The van der Waals surface area contributed by atoms with Gasteiger partial charge in [0, 0.05) is 10.6 Å². The zero-order valence-corrected chi connectivity index (χ0v) is 13.2. The second kappa shape index (κ2) is 6.92. The van der Waals surface area contributed by atoms with Crippen LogP contribution >= 0.6 is 34.4 Å². The molecule has 0 saturated heterocycles. The number of aromatic carboxylic acids is 1. The van der Waals surface area contributed by atoms with Crippen LogP contribution in [0.3, 0.4) is 0 Å². The molecular formula is C13H13NO3S3. The molecule has 1 amide bonds. The first-order chi connectivity index (χ1) is 9.56. The molecule has 2 aromatic rings. The molecule has 106 valence electrons. The van der Waals surface area contributed by atoms with Gasteiger partial charge in [0.1, 0.15) is 4.88 Å². The number of carbonyl (C=O) groups is 2. The van der Waals surface area contributed by atoms with Crippen LogP contribution in [0.1, 0.15) is 20.1 Å². The summed E-state index contributed by atoms with van der Waals surface area (Å²) >= 11 is 4.30. The van der Waals surface area contributed by atoms with Gasteiger partial charge in [0.2, 0.25) is 5.91 Å². The number of hydrogen-bond donors (Lipinski definition) is 2. The summed E-state index contributed by atoms with van der Waals surface area (Å²) in [6.45, 7) is 1.72. The number of carboxylic acids is 1. The fourth-order valence-electron chi connectivity index (χ4n) is 1.57. The Morgan fingerprint density at radius 1 is 1.45 bits per heavy atom. The number of thioether (sulfide) groups is 1. The standard InChI is InChI=1S/C13H13NO3S3/c1-8-5-11(20-12(8)13(16)17)14-10(15)7-18-6-9-3-2-4-19-9/h2-5H,6-7H2,1H3,(H,14,15)(H,16,17). The molecule has 2 aromatic heterocycles. The van der Waals surface area contributed by atoms with Crippen LogP contribution in [0, 0.1) is 6.92 Å². The minimum Gasteiger partial charge on any atom is -0.477 e. The Morgan fingerprint density at radius 3 is 2.85 bits per heavy atom. The summed E-state index contributed by atoms with van der Waals surface area (Å²) in [6, 6.07) is 5.72. The van der Waals surface area contributed by atoms with E-state index in [1.807, 2.05) is 17.5 Å². The van der Waals surface area contributed by atoms with E-state index >= 15 is 0 Å². The van der Waals surface area contributed by atoms with E-state index < -0.39 is 5.97 Å². The number of hydrogen-bond acceptors (Lipinski definition) is 5. The van der Waals surface area contributed by atoms with E-state index in [1.165, 1.54) is 4.88 Å². The van der Waals surface area contributed by atoms with Gasteiger partial charge in [-0.05, 0) is 30.0 Å². The first-order valence-corrected chi connectivity index (χ1v) is 8.65. The zero-order chi connectivity index (χ0) is 14.5. The maximum absolute atomic E-state index is 11.8. The average molecular weight is 327 g/mol. The van der Waals surface area contributed by atoms with Crippen molar-refractivity contribution in [3.63, 3.8) is 0 Å². The van der Waals surface area contributed by atoms with Crippen molar-refractivity contribution >= 4 is 51.3 Å². The van der Waals surface area contributed by atoms with Crippen molar-refractivity contribution < 1.29 is 14.7 Å². The topological polar surface area (TPSA) is 66.4 Å². The Balaban J connectivity index is 1.82. The number of anilines is 1. The number of carboxylic acid groups (broad SMARTS) is 1. The van der Waals surface area contributed by atoms with E-state index in [0.29, 0.717) is 16.3 Å². The van der Waals surface area contributed by atoms with Gasteiger partial charge in [-0.2, -0.15) is 0 Å². The van der Waals surface area contributed by atoms with Crippen molar-refractivity contribution in [1.29, 1.82) is 0 Å². The van der Waals surface area contributed by atoms with E-state index in [2.05, 4.69) is 5.32 Å². The summed E-state index contributed by atoms with van der Waals surface area (Å²) in [4.78, 5) is 24.2. The number of thiophene rings is 2. The van der Waals surface area contributed by atoms with Crippen LogP contribution in [0.15, 0.2) is 23.6 Å². The van der Waals surface area contributed by atoms with E-state index in [9.17, 15) is 9.59 Å². The SMILES string of the molecule is Cc1cc(NC(=O)CSCc2cccs2)sc1C(=O)O. The zero-order valence-electron chi connectivity index (χ0n) is 10.7. The van der Waals surface area contributed by atoms with Gasteiger partial charge in [-0.1, -0.05) is 6.07 Å². The van der Waals surface area contributed by atoms with E-state index in [-0.39, 0.29) is 10.8 Å². The predicted octanol–water partition coefficient (Wildman–Crippen LogP) is 3.69. The number of carbonyl (C=O) groups excluding carboxylic acids is 1. The van der Waals surface area contributed by atoms with Crippen molar-refractivity contribution in [2.45, 2.75) is 12.7 Å². The Hall–Kier alpha value is -1.31. The molecule has 0 aromatic carbocycles. The third-order valence-electron chi connectivity index (χ3n) is 2.43. The highest BCUT2D eigenvalue weighted by molar-refractivity contribution is 7.99. The third kappa shape index (κ3) is 4.09. The fraction of sp³-hybridized carbons (Fsp3) is 0.231. The van der Waals surface area contributed by atoms with Gasteiger partial charge in [-0.15, -0.1) is 34.4 Å². The summed E-state index contributed by atoms with van der Waals surface area (Å²) in [7, 11) is 0. The lowest BCUT2D eigenvalue weighted by molar-refractivity contribution is -0.113. The molecule has 0 bridgehead atoms. The first kappa shape index (κ1) is 15.1. The molecular weight excluding hydrogens is 314 g/mol. The molecule has 0 fully saturated rings. The first-order valence-electron chi connectivity index (χ1n) is 5.80. The quantitative estimate of drug-likeness (QED) is 0.849. The van der Waals surface area contributed by atoms with Crippen molar-refractivity contribution in [2.75, 3.05) is 11.1 Å². The van der Waals surface area contributed by atoms with Crippen LogP contribution in [-0.2, 0) is 10.5 Å². The molecule has 0 saturated carbocycles. The summed E-state index contributed by atoms with van der Waals surface area (Å²) in [5.41, 5.74) is 0.670. The van der Waals surface area contributed by atoms with Crippen LogP contribution in [0.4, 0.5) is 5.00 Å². The number of rotatable bonds is 6. The lowest BCUT2D eigenvalue weighted by atomic mass is 10.3. The van der Waals surface area contributed by atoms with Gasteiger partial charge in [-0.3, -0.25) is 4.79 Å². The molecule has 2 rings (SSSR count). The summed E-state index contributed by atoms with van der Waals surface area (Å²) in [5.74, 6) is 0.108.